The van der Waals surface area contributed by atoms with Crippen molar-refractivity contribution in [2.45, 2.75) is 30.7 Å². The van der Waals surface area contributed by atoms with Crippen LogP contribution in [0.2, 0.25) is 0 Å². The summed E-state index contributed by atoms with van der Waals surface area (Å²) < 4.78 is 36.9. The lowest BCUT2D eigenvalue weighted by molar-refractivity contribution is -0.140. The quantitative estimate of drug-likeness (QED) is 0.874. The Hall–Kier alpha value is -1.80. The molecule has 1 aromatic rings. The van der Waals surface area contributed by atoms with E-state index in [9.17, 15) is 18.3 Å². The molecule has 0 bridgehead atoms. The predicted octanol–water partition coefficient (Wildman–Crippen LogP) is 1.25. The molecular weight excluding hydrogens is 310 g/mol. The predicted molar refractivity (Wildman–Crippen MR) is 78.8 cm³/mol. The lowest BCUT2D eigenvalue weighted by Gasteiger charge is -2.22. The number of ether oxygens (including phenoxy) is 2. The third-order valence-corrected chi connectivity index (χ3v) is 5.81. The Morgan fingerprint density at radius 1 is 1.27 bits per heavy atom. The molecule has 0 aromatic heterocycles. The molecule has 1 N–H and O–H groups in total. The van der Waals surface area contributed by atoms with Crippen molar-refractivity contribution in [2.75, 3.05) is 20.8 Å². The number of carboxylic acid groups (broad SMARTS) is 1. The van der Waals surface area contributed by atoms with E-state index in [1.54, 1.807) is 13.0 Å². The number of benzene rings is 1. The van der Waals surface area contributed by atoms with Crippen LogP contribution in [0.1, 0.15) is 18.4 Å². The molecular formula is C14H19NO6S. The van der Waals surface area contributed by atoms with Gasteiger partial charge in [0.15, 0.2) is 11.5 Å². The van der Waals surface area contributed by atoms with Crippen LogP contribution in [0.5, 0.6) is 11.5 Å². The van der Waals surface area contributed by atoms with Crippen molar-refractivity contribution in [3.05, 3.63) is 17.7 Å². The molecule has 1 aliphatic rings. The topological polar surface area (TPSA) is 93.1 Å². The molecule has 122 valence electrons. The number of methoxy groups -OCH3 is 2. The van der Waals surface area contributed by atoms with Crippen LogP contribution < -0.4 is 9.47 Å². The Kier molecular flexibility index (Phi) is 4.62. The van der Waals surface area contributed by atoms with Gasteiger partial charge in [-0.1, -0.05) is 0 Å². The molecule has 2 rings (SSSR count). The molecule has 7 nitrogen and oxygen atoms in total. The van der Waals surface area contributed by atoms with Crippen LogP contribution in [0, 0.1) is 6.92 Å². The first-order valence-electron chi connectivity index (χ1n) is 6.80. The minimum atomic E-state index is -3.90. The fourth-order valence-corrected chi connectivity index (χ4v) is 4.52. The number of nitrogens with zero attached hydrogens (tertiary/aromatic N) is 1. The highest BCUT2D eigenvalue weighted by atomic mass is 32.2. The number of aryl methyl sites for hydroxylation is 1. The first-order chi connectivity index (χ1) is 10.3. The van der Waals surface area contributed by atoms with E-state index in [-0.39, 0.29) is 17.2 Å². The second-order valence-electron chi connectivity index (χ2n) is 5.08. The van der Waals surface area contributed by atoms with Crippen molar-refractivity contribution < 1.29 is 27.8 Å². The molecule has 0 amide bonds. The van der Waals surface area contributed by atoms with E-state index in [0.717, 1.165) is 4.31 Å². The molecule has 1 saturated heterocycles. The second kappa shape index (κ2) is 6.13. The highest BCUT2D eigenvalue weighted by Gasteiger charge is 2.40. The summed E-state index contributed by atoms with van der Waals surface area (Å²) >= 11 is 0. The summed E-state index contributed by atoms with van der Waals surface area (Å²) in [6, 6.07) is 1.93. The fraction of sp³-hybridized carbons (Fsp3) is 0.500. The highest BCUT2D eigenvalue weighted by molar-refractivity contribution is 7.89. The smallest absolute Gasteiger partial charge is 0.322 e. The summed E-state index contributed by atoms with van der Waals surface area (Å²) in [5.41, 5.74) is 0.480. The molecule has 0 aliphatic carbocycles. The standard InChI is InChI=1S/C14H19NO6S/c1-9-7-11(20-2)12(21-3)8-13(9)22(18,19)15-6-4-5-10(15)14(16)17/h7-8,10H,4-6H2,1-3H3,(H,16,17)/t10-/m0/s1. The maximum Gasteiger partial charge on any atom is 0.322 e. The first kappa shape index (κ1) is 16.6. The number of rotatable bonds is 5. The van der Waals surface area contributed by atoms with Gasteiger partial charge in [-0.3, -0.25) is 4.79 Å². The molecule has 1 fully saturated rings. The number of carboxylic acids is 1. The average Bonchev–Trinajstić information content (AvgIpc) is 2.97. The Balaban J connectivity index is 2.52. The lowest BCUT2D eigenvalue weighted by Crippen LogP contribution is -2.40. The van der Waals surface area contributed by atoms with Gasteiger partial charge in [-0.15, -0.1) is 0 Å². The van der Waals surface area contributed by atoms with Gasteiger partial charge in [0, 0.05) is 12.6 Å². The monoisotopic (exact) mass is 329 g/mol. The van der Waals surface area contributed by atoms with Gasteiger partial charge >= 0.3 is 5.97 Å². The summed E-state index contributed by atoms with van der Waals surface area (Å²) in [6.07, 6.45) is 0.851. The fourth-order valence-electron chi connectivity index (χ4n) is 2.64. The number of sulfonamides is 1. The van der Waals surface area contributed by atoms with Crippen LogP contribution in [-0.2, 0) is 14.8 Å². The van der Waals surface area contributed by atoms with Crippen molar-refractivity contribution in [3.8, 4) is 11.5 Å². The zero-order chi connectivity index (χ0) is 16.5. The van der Waals surface area contributed by atoms with Crippen LogP contribution in [0.25, 0.3) is 0 Å². The van der Waals surface area contributed by atoms with Crippen molar-refractivity contribution in [2.24, 2.45) is 0 Å². The van der Waals surface area contributed by atoms with Crippen LogP contribution in [0.15, 0.2) is 17.0 Å². The summed E-state index contributed by atoms with van der Waals surface area (Å²) in [6.45, 7) is 1.84. The Bertz CT molecular complexity index is 685. The molecule has 8 heteroatoms. The van der Waals surface area contributed by atoms with E-state index in [2.05, 4.69) is 0 Å². The zero-order valence-corrected chi connectivity index (χ0v) is 13.5. The third kappa shape index (κ3) is 2.76. The third-order valence-electron chi connectivity index (χ3n) is 3.76. The number of hydrogen-bond donors (Lipinski definition) is 1. The van der Waals surface area contributed by atoms with Gasteiger partial charge in [0.1, 0.15) is 6.04 Å². The lowest BCUT2D eigenvalue weighted by atomic mass is 10.2. The summed E-state index contributed by atoms with van der Waals surface area (Å²) in [7, 11) is -1.02. The van der Waals surface area contributed by atoms with E-state index in [1.807, 2.05) is 0 Å². The van der Waals surface area contributed by atoms with Gasteiger partial charge in [0.25, 0.3) is 0 Å². The van der Waals surface area contributed by atoms with Crippen LogP contribution in [0.4, 0.5) is 0 Å². The van der Waals surface area contributed by atoms with Gasteiger partial charge in [-0.05, 0) is 31.4 Å². The van der Waals surface area contributed by atoms with E-state index >= 15 is 0 Å². The Morgan fingerprint density at radius 3 is 2.41 bits per heavy atom. The molecule has 0 saturated carbocycles. The second-order valence-corrected chi connectivity index (χ2v) is 6.94. The molecule has 0 unspecified atom stereocenters. The van der Waals surface area contributed by atoms with Gasteiger partial charge in [0.2, 0.25) is 10.0 Å². The Labute approximate surface area is 129 Å². The SMILES string of the molecule is COc1cc(C)c(S(=O)(=O)N2CCC[C@H]2C(=O)O)cc1OC. The summed E-state index contributed by atoms with van der Waals surface area (Å²) in [5.74, 6) is -0.410. The van der Waals surface area contributed by atoms with Crippen LogP contribution in [-0.4, -0.2) is 50.6 Å². The van der Waals surface area contributed by atoms with E-state index in [4.69, 9.17) is 9.47 Å². The van der Waals surface area contributed by atoms with Crippen molar-refractivity contribution in [3.63, 3.8) is 0 Å². The van der Waals surface area contributed by atoms with Gasteiger partial charge < -0.3 is 14.6 Å². The minimum Gasteiger partial charge on any atom is -0.493 e. The highest BCUT2D eigenvalue weighted by Crippen LogP contribution is 2.35. The maximum atomic E-state index is 12.8. The average molecular weight is 329 g/mol. The molecule has 0 radical (unpaired) electrons. The van der Waals surface area contributed by atoms with E-state index < -0.39 is 22.0 Å². The Morgan fingerprint density at radius 2 is 1.86 bits per heavy atom. The van der Waals surface area contributed by atoms with Crippen molar-refractivity contribution in [1.82, 2.24) is 4.31 Å². The van der Waals surface area contributed by atoms with Crippen molar-refractivity contribution >= 4 is 16.0 Å². The maximum absolute atomic E-state index is 12.8. The largest absolute Gasteiger partial charge is 0.493 e. The molecule has 1 aliphatic heterocycles. The number of aliphatic carboxylic acids is 1. The van der Waals surface area contributed by atoms with Gasteiger partial charge in [0.05, 0.1) is 19.1 Å². The van der Waals surface area contributed by atoms with Crippen LogP contribution in [0.3, 0.4) is 0 Å². The number of carbonyl (C=O) groups is 1. The summed E-state index contributed by atoms with van der Waals surface area (Å²) in [4.78, 5) is 11.3. The molecule has 1 atom stereocenters. The van der Waals surface area contributed by atoms with Crippen molar-refractivity contribution in [1.29, 1.82) is 0 Å². The molecule has 0 spiro atoms. The minimum absolute atomic E-state index is 0.0401. The van der Waals surface area contributed by atoms with Gasteiger partial charge in [-0.2, -0.15) is 4.31 Å². The van der Waals surface area contributed by atoms with E-state index in [1.165, 1.54) is 20.3 Å². The van der Waals surface area contributed by atoms with Gasteiger partial charge in [-0.25, -0.2) is 8.42 Å². The first-order valence-corrected chi connectivity index (χ1v) is 8.24. The van der Waals surface area contributed by atoms with E-state index in [0.29, 0.717) is 24.2 Å². The zero-order valence-electron chi connectivity index (χ0n) is 12.7. The molecule has 1 heterocycles. The molecule has 1 aromatic carbocycles. The molecule has 22 heavy (non-hydrogen) atoms. The van der Waals surface area contributed by atoms with Crippen LogP contribution >= 0.6 is 0 Å². The normalized spacial score (nSPS) is 19.1. The number of hydrogen-bond acceptors (Lipinski definition) is 5. The summed E-state index contributed by atoms with van der Waals surface area (Å²) in [5, 5.41) is 9.20.